The van der Waals surface area contributed by atoms with Gasteiger partial charge in [-0.25, -0.2) is 4.98 Å². The number of nitrogens with zero attached hydrogens (tertiary/aromatic N) is 2. The molecule has 1 N–H and O–H groups in total. The summed E-state index contributed by atoms with van der Waals surface area (Å²) in [5, 5.41) is 4.42. The Kier molecular flexibility index (Phi) is 4.05. The van der Waals surface area contributed by atoms with Crippen LogP contribution in [0.15, 0.2) is 30.6 Å². The van der Waals surface area contributed by atoms with Crippen LogP contribution in [-0.4, -0.2) is 16.0 Å². The van der Waals surface area contributed by atoms with E-state index in [1.807, 2.05) is 0 Å². The Morgan fingerprint density at radius 2 is 1.85 bits per heavy atom. The third-order valence-corrected chi connectivity index (χ3v) is 3.33. The van der Waals surface area contributed by atoms with Gasteiger partial charge in [0.25, 0.3) is 0 Å². The van der Waals surface area contributed by atoms with Crippen molar-refractivity contribution in [2.24, 2.45) is 0 Å². The van der Waals surface area contributed by atoms with Crippen LogP contribution >= 0.6 is 23.2 Å². The number of halogens is 2. The van der Waals surface area contributed by atoms with Crippen molar-refractivity contribution >= 4 is 23.2 Å². The standard InChI is InChI=1S/C14H13Cl2N3O/c15-9-3-10(16)5-13(4-9)20-14-8-18-12(7-19-14)6-17-11-1-2-11/h3-5,7-8,11,17H,1-2,6H2. The van der Waals surface area contributed by atoms with Gasteiger partial charge in [0.1, 0.15) is 5.75 Å². The van der Waals surface area contributed by atoms with Crippen LogP contribution in [0.25, 0.3) is 0 Å². The highest BCUT2D eigenvalue weighted by Crippen LogP contribution is 2.27. The molecule has 1 aliphatic rings. The largest absolute Gasteiger partial charge is 0.437 e. The first-order valence-corrected chi connectivity index (χ1v) is 7.13. The predicted octanol–water partition coefficient (Wildman–Crippen LogP) is 3.83. The summed E-state index contributed by atoms with van der Waals surface area (Å²) in [5.41, 5.74) is 0.897. The molecule has 104 valence electrons. The molecule has 4 nitrogen and oxygen atoms in total. The van der Waals surface area contributed by atoms with Gasteiger partial charge in [-0.05, 0) is 31.0 Å². The van der Waals surface area contributed by atoms with Crippen molar-refractivity contribution in [3.05, 3.63) is 46.3 Å². The van der Waals surface area contributed by atoms with Crippen molar-refractivity contribution < 1.29 is 4.74 Å². The highest BCUT2D eigenvalue weighted by atomic mass is 35.5. The second-order valence-corrected chi connectivity index (χ2v) is 5.58. The number of hydrogen-bond acceptors (Lipinski definition) is 4. The van der Waals surface area contributed by atoms with Crippen molar-refractivity contribution in [3.8, 4) is 11.6 Å². The molecule has 0 amide bonds. The third-order valence-electron chi connectivity index (χ3n) is 2.89. The molecule has 0 bridgehead atoms. The highest BCUT2D eigenvalue weighted by Gasteiger charge is 2.20. The molecule has 0 unspecified atom stereocenters. The van der Waals surface area contributed by atoms with E-state index in [1.165, 1.54) is 12.8 Å². The predicted molar refractivity (Wildman–Crippen MR) is 78.4 cm³/mol. The quantitative estimate of drug-likeness (QED) is 0.912. The Morgan fingerprint density at radius 1 is 1.10 bits per heavy atom. The van der Waals surface area contributed by atoms with E-state index in [-0.39, 0.29) is 0 Å². The molecule has 1 aromatic heterocycles. The monoisotopic (exact) mass is 309 g/mol. The Labute approximate surface area is 127 Å². The smallest absolute Gasteiger partial charge is 0.237 e. The summed E-state index contributed by atoms with van der Waals surface area (Å²) in [4.78, 5) is 8.52. The van der Waals surface area contributed by atoms with Gasteiger partial charge in [0.05, 0.1) is 18.1 Å². The zero-order chi connectivity index (χ0) is 13.9. The first-order valence-electron chi connectivity index (χ1n) is 6.37. The Hall–Kier alpha value is -1.36. The fourth-order valence-electron chi connectivity index (χ4n) is 1.73. The van der Waals surface area contributed by atoms with Crippen molar-refractivity contribution in [2.75, 3.05) is 0 Å². The van der Waals surface area contributed by atoms with Crippen molar-refractivity contribution in [2.45, 2.75) is 25.4 Å². The molecule has 0 aliphatic heterocycles. The fourth-order valence-corrected chi connectivity index (χ4v) is 2.24. The minimum Gasteiger partial charge on any atom is -0.437 e. The Balaban J connectivity index is 1.64. The lowest BCUT2D eigenvalue weighted by atomic mass is 10.3. The zero-order valence-electron chi connectivity index (χ0n) is 10.6. The highest BCUT2D eigenvalue weighted by molar-refractivity contribution is 6.34. The second kappa shape index (κ2) is 5.95. The van der Waals surface area contributed by atoms with Gasteiger partial charge < -0.3 is 10.1 Å². The van der Waals surface area contributed by atoms with Crippen LogP contribution in [0, 0.1) is 0 Å². The van der Waals surface area contributed by atoms with Gasteiger partial charge in [-0.2, -0.15) is 0 Å². The lowest BCUT2D eigenvalue weighted by Gasteiger charge is -2.06. The second-order valence-electron chi connectivity index (χ2n) is 4.71. The number of aromatic nitrogens is 2. The molecule has 1 fully saturated rings. The molecule has 0 atom stereocenters. The van der Waals surface area contributed by atoms with Gasteiger partial charge in [0, 0.05) is 22.6 Å². The van der Waals surface area contributed by atoms with Crippen LogP contribution in [0.5, 0.6) is 11.6 Å². The van der Waals surface area contributed by atoms with Crippen molar-refractivity contribution in [1.82, 2.24) is 15.3 Å². The van der Waals surface area contributed by atoms with E-state index in [0.29, 0.717) is 27.7 Å². The van der Waals surface area contributed by atoms with Gasteiger partial charge in [0.2, 0.25) is 5.88 Å². The summed E-state index contributed by atoms with van der Waals surface area (Å²) < 4.78 is 5.57. The molecule has 2 aromatic rings. The number of ether oxygens (including phenoxy) is 1. The van der Waals surface area contributed by atoms with E-state index in [2.05, 4.69) is 15.3 Å². The van der Waals surface area contributed by atoms with E-state index in [1.54, 1.807) is 30.6 Å². The van der Waals surface area contributed by atoms with Crippen LogP contribution in [0.4, 0.5) is 0 Å². The molecule has 3 rings (SSSR count). The van der Waals surface area contributed by atoms with Gasteiger partial charge in [-0.1, -0.05) is 23.2 Å². The first kappa shape index (κ1) is 13.6. The number of rotatable bonds is 5. The summed E-state index contributed by atoms with van der Waals surface area (Å²) in [7, 11) is 0. The molecule has 1 aliphatic carbocycles. The maximum atomic E-state index is 5.91. The minimum absolute atomic E-state index is 0.415. The van der Waals surface area contributed by atoms with Crippen molar-refractivity contribution in [3.63, 3.8) is 0 Å². The van der Waals surface area contributed by atoms with E-state index >= 15 is 0 Å². The van der Waals surface area contributed by atoms with E-state index in [0.717, 1.165) is 12.2 Å². The number of benzene rings is 1. The summed E-state index contributed by atoms with van der Waals surface area (Å²) >= 11 is 11.8. The lowest BCUT2D eigenvalue weighted by Crippen LogP contribution is -2.16. The van der Waals surface area contributed by atoms with E-state index < -0.39 is 0 Å². The molecule has 1 heterocycles. The first-order chi connectivity index (χ1) is 9.69. The zero-order valence-corrected chi connectivity index (χ0v) is 12.2. The van der Waals surface area contributed by atoms with Crippen LogP contribution in [0.2, 0.25) is 10.0 Å². The van der Waals surface area contributed by atoms with E-state index in [9.17, 15) is 0 Å². The molecule has 6 heteroatoms. The van der Waals surface area contributed by atoms with Gasteiger partial charge in [-0.15, -0.1) is 0 Å². The molecule has 1 saturated carbocycles. The number of hydrogen-bond donors (Lipinski definition) is 1. The topological polar surface area (TPSA) is 47.0 Å². The van der Waals surface area contributed by atoms with Gasteiger partial charge >= 0.3 is 0 Å². The van der Waals surface area contributed by atoms with Crippen LogP contribution < -0.4 is 10.1 Å². The fraction of sp³-hybridized carbons (Fsp3) is 0.286. The van der Waals surface area contributed by atoms with E-state index in [4.69, 9.17) is 27.9 Å². The van der Waals surface area contributed by atoms with Gasteiger partial charge in [-0.3, -0.25) is 4.98 Å². The Morgan fingerprint density at radius 3 is 2.45 bits per heavy atom. The average Bonchev–Trinajstić information content (AvgIpc) is 3.21. The molecule has 20 heavy (non-hydrogen) atoms. The molecule has 0 spiro atoms. The molecular formula is C14H13Cl2N3O. The molecule has 1 aromatic carbocycles. The molecular weight excluding hydrogens is 297 g/mol. The van der Waals surface area contributed by atoms with Crippen LogP contribution in [0.1, 0.15) is 18.5 Å². The summed E-state index contributed by atoms with van der Waals surface area (Å²) in [6.07, 6.45) is 5.81. The number of nitrogens with one attached hydrogen (secondary N) is 1. The minimum atomic E-state index is 0.415. The van der Waals surface area contributed by atoms with Crippen LogP contribution in [-0.2, 0) is 6.54 Å². The molecule has 0 saturated heterocycles. The lowest BCUT2D eigenvalue weighted by molar-refractivity contribution is 0.459. The van der Waals surface area contributed by atoms with Crippen molar-refractivity contribution in [1.29, 1.82) is 0 Å². The van der Waals surface area contributed by atoms with Crippen LogP contribution in [0.3, 0.4) is 0 Å². The molecule has 0 radical (unpaired) electrons. The normalized spacial score (nSPS) is 14.3. The summed E-state index contributed by atoms with van der Waals surface area (Å²) in [6, 6.07) is 5.66. The maximum absolute atomic E-state index is 5.91. The average molecular weight is 310 g/mol. The summed E-state index contributed by atoms with van der Waals surface area (Å²) in [5.74, 6) is 0.958. The maximum Gasteiger partial charge on any atom is 0.237 e. The summed E-state index contributed by atoms with van der Waals surface area (Å²) in [6.45, 7) is 0.737. The third kappa shape index (κ3) is 3.82. The van der Waals surface area contributed by atoms with Gasteiger partial charge in [0.15, 0.2) is 0 Å². The SMILES string of the molecule is Clc1cc(Cl)cc(Oc2cnc(CNC3CC3)cn2)c1. The Bertz CT molecular complexity index is 580.